The third-order valence-electron chi connectivity index (χ3n) is 6.09. The lowest BCUT2D eigenvalue weighted by molar-refractivity contribution is -0.137. The van der Waals surface area contributed by atoms with Crippen molar-refractivity contribution >= 4 is 11.4 Å². The maximum absolute atomic E-state index is 13.5. The zero-order chi connectivity index (χ0) is 23.1. The third-order valence-corrected chi connectivity index (χ3v) is 6.09. The van der Waals surface area contributed by atoms with E-state index >= 15 is 0 Å². The zero-order valence-corrected chi connectivity index (χ0v) is 17.7. The number of allylic oxidation sites excluding steroid dienone is 3. The maximum Gasteiger partial charge on any atom is 0.416 e. The second kappa shape index (κ2) is 8.06. The second-order valence-electron chi connectivity index (χ2n) is 8.32. The number of nitrogens with zero attached hydrogens (tertiary/aromatic N) is 2. The number of fused-ring (bicyclic) bond motifs is 1. The topological polar surface area (TPSA) is 27.6 Å². The number of anilines is 1. The lowest BCUT2D eigenvalue weighted by Crippen LogP contribution is -2.38. The average Bonchev–Trinajstić information content (AvgIpc) is 3.17. The van der Waals surface area contributed by atoms with Gasteiger partial charge in [-0.15, -0.1) is 0 Å². The molecular formula is C25H23F4N3. The van der Waals surface area contributed by atoms with Crippen LogP contribution in [0.1, 0.15) is 30.5 Å². The van der Waals surface area contributed by atoms with Gasteiger partial charge in [0.15, 0.2) is 0 Å². The SMILES string of the molecule is C=C(C)C(C)(Cc1ccc(C(F)(F)F)cc1N1N=C2C=CC=CC2N1)c1ccc(F)cc1. The summed E-state index contributed by atoms with van der Waals surface area (Å²) in [6.45, 7) is 7.94. The Kier molecular flexibility index (Phi) is 5.54. The Morgan fingerprint density at radius 3 is 2.41 bits per heavy atom. The van der Waals surface area contributed by atoms with Crippen molar-refractivity contribution < 1.29 is 17.6 Å². The van der Waals surface area contributed by atoms with Gasteiger partial charge in [-0.2, -0.15) is 28.8 Å². The number of rotatable bonds is 5. The van der Waals surface area contributed by atoms with Crippen molar-refractivity contribution in [2.45, 2.75) is 37.9 Å². The van der Waals surface area contributed by atoms with E-state index < -0.39 is 17.2 Å². The molecule has 0 fully saturated rings. The Morgan fingerprint density at radius 1 is 1.09 bits per heavy atom. The Hall–Kier alpha value is -3.19. The van der Waals surface area contributed by atoms with Crippen molar-refractivity contribution in [3.05, 3.63) is 101 Å². The fraction of sp³-hybridized carbons (Fsp3) is 0.240. The van der Waals surface area contributed by atoms with E-state index in [9.17, 15) is 17.6 Å². The molecule has 0 spiro atoms. The van der Waals surface area contributed by atoms with Gasteiger partial charge in [0.1, 0.15) is 5.82 Å². The van der Waals surface area contributed by atoms with Crippen molar-refractivity contribution in [2.24, 2.45) is 5.10 Å². The van der Waals surface area contributed by atoms with Gasteiger partial charge in [-0.3, -0.25) is 0 Å². The highest BCUT2D eigenvalue weighted by Crippen LogP contribution is 2.40. The monoisotopic (exact) mass is 441 g/mol. The standard InChI is InChI=1S/C25H23F4N3/c1-16(2)24(3,18-10-12-20(26)13-11-18)15-17-8-9-19(25(27,28)29)14-23(17)32-30-21-6-4-5-7-22(21)31-32/h4-14,21,30H,1,15H2,2-3H3. The number of hydrogen-bond acceptors (Lipinski definition) is 3. The summed E-state index contributed by atoms with van der Waals surface area (Å²) in [7, 11) is 0. The van der Waals surface area contributed by atoms with Gasteiger partial charge in [0.25, 0.3) is 0 Å². The van der Waals surface area contributed by atoms with Crippen molar-refractivity contribution in [3.63, 3.8) is 0 Å². The zero-order valence-electron chi connectivity index (χ0n) is 17.7. The van der Waals surface area contributed by atoms with Gasteiger partial charge in [0.05, 0.1) is 23.0 Å². The van der Waals surface area contributed by atoms with Gasteiger partial charge in [0, 0.05) is 5.41 Å². The van der Waals surface area contributed by atoms with Crippen LogP contribution < -0.4 is 10.5 Å². The number of hydrogen-bond donors (Lipinski definition) is 1. The quantitative estimate of drug-likeness (QED) is 0.449. The van der Waals surface area contributed by atoms with E-state index in [1.807, 2.05) is 38.2 Å². The van der Waals surface area contributed by atoms with Crippen LogP contribution in [-0.4, -0.2) is 11.8 Å². The molecule has 2 unspecified atom stereocenters. The number of benzene rings is 2. The van der Waals surface area contributed by atoms with Crippen LogP contribution in [0.2, 0.25) is 0 Å². The van der Waals surface area contributed by atoms with Crippen molar-refractivity contribution in [2.75, 3.05) is 5.12 Å². The van der Waals surface area contributed by atoms with Gasteiger partial charge in [-0.25, -0.2) is 4.39 Å². The summed E-state index contributed by atoms with van der Waals surface area (Å²) in [4.78, 5) is 0. The molecule has 3 nitrogen and oxygen atoms in total. The number of hydrazone groups is 1. The first-order valence-corrected chi connectivity index (χ1v) is 10.2. The predicted molar refractivity (Wildman–Crippen MR) is 119 cm³/mol. The van der Waals surface area contributed by atoms with E-state index in [1.54, 1.807) is 12.1 Å². The van der Waals surface area contributed by atoms with E-state index in [0.29, 0.717) is 17.7 Å². The molecule has 1 aliphatic carbocycles. The maximum atomic E-state index is 13.5. The van der Waals surface area contributed by atoms with E-state index in [1.165, 1.54) is 23.3 Å². The molecule has 2 aliphatic rings. The van der Waals surface area contributed by atoms with Crippen molar-refractivity contribution in [1.29, 1.82) is 0 Å². The minimum absolute atomic E-state index is 0.202. The molecule has 1 heterocycles. The summed E-state index contributed by atoms with van der Waals surface area (Å²) in [5.74, 6) is -0.353. The van der Waals surface area contributed by atoms with E-state index in [0.717, 1.165) is 29.0 Å². The molecule has 1 aliphatic heterocycles. The molecular weight excluding hydrogens is 418 g/mol. The number of halogens is 4. The lowest BCUT2D eigenvalue weighted by Gasteiger charge is -2.33. The molecule has 2 atom stereocenters. The molecule has 7 heteroatoms. The molecule has 0 bridgehead atoms. The van der Waals surface area contributed by atoms with Gasteiger partial charge < -0.3 is 0 Å². The highest BCUT2D eigenvalue weighted by atomic mass is 19.4. The van der Waals surface area contributed by atoms with Gasteiger partial charge in [-0.1, -0.05) is 55.5 Å². The van der Waals surface area contributed by atoms with Crippen LogP contribution in [-0.2, 0) is 18.0 Å². The Bertz CT molecular complexity index is 1130. The number of alkyl halides is 3. The van der Waals surface area contributed by atoms with Crippen LogP contribution in [0.25, 0.3) is 0 Å². The lowest BCUT2D eigenvalue weighted by atomic mass is 9.72. The van der Waals surface area contributed by atoms with E-state index in [2.05, 4.69) is 17.1 Å². The molecule has 166 valence electrons. The van der Waals surface area contributed by atoms with Crippen molar-refractivity contribution in [3.8, 4) is 0 Å². The first-order chi connectivity index (χ1) is 15.1. The molecule has 4 rings (SSSR count). The fourth-order valence-corrected chi connectivity index (χ4v) is 3.92. The summed E-state index contributed by atoms with van der Waals surface area (Å²) >= 11 is 0. The molecule has 0 saturated heterocycles. The average molecular weight is 441 g/mol. The second-order valence-corrected chi connectivity index (χ2v) is 8.32. The molecule has 32 heavy (non-hydrogen) atoms. The van der Waals surface area contributed by atoms with Gasteiger partial charge in [-0.05, 0) is 54.8 Å². The highest BCUT2D eigenvalue weighted by molar-refractivity contribution is 6.03. The minimum atomic E-state index is -4.48. The van der Waals surface area contributed by atoms with Gasteiger partial charge in [0.2, 0.25) is 0 Å². The highest BCUT2D eigenvalue weighted by Gasteiger charge is 2.35. The normalized spacial score (nSPS) is 19.5. The van der Waals surface area contributed by atoms with Crippen molar-refractivity contribution in [1.82, 2.24) is 5.43 Å². The summed E-state index contributed by atoms with van der Waals surface area (Å²) in [5.41, 5.74) is 5.11. The Labute approximate surface area is 184 Å². The van der Waals surface area contributed by atoms with Gasteiger partial charge >= 0.3 is 6.18 Å². The van der Waals surface area contributed by atoms with Crippen LogP contribution in [0.5, 0.6) is 0 Å². The van der Waals surface area contributed by atoms with Crippen LogP contribution >= 0.6 is 0 Å². The Balaban J connectivity index is 1.78. The first kappa shape index (κ1) is 22.0. The Morgan fingerprint density at radius 2 is 1.78 bits per heavy atom. The summed E-state index contributed by atoms with van der Waals surface area (Å²) < 4.78 is 54.0. The molecule has 0 saturated carbocycles. The summed E-state index contributed by atoms with van der Waals surface area (Å²) in [6.07, 6.45) is 3.28. The van der Waals surface area contributed by atoms with Crippen LogP contribution in [0, 0.1) is 5.82 Å². The minimum Gasteiger partial charge on any atom is -0.207 e. The van der Waals surface area contributed by atoms with Crippen LogP contribution in [0.3, 0.4) is 0 Å². The fourth-order valence-electron chi connectivity index (χ4n) is 3.92. The molecule has 0 radical (unpaired) electrons. The van der Waals surface area contributed by atoms with E-state index in [-0.39, 0.29) is 11.9 Å². The smallest absolute Gasteiger partial charge is 0.207 e. The van der Waals surface area contributed by atoms with E-state index in [4.69, 9.17) is 0 Å². The van der Waals surface area contributed by atoms with Crippen LogP contribution in [0.4, 0.5) is 23.2 Å². The molecule has 2 aromatic carbocycles. The largest absolute Gasteiger partial charge is 0.416 e. The predicted octanol–water partition coefficient (Wildman–Crippen LogP) is 6.10. The van der Waals surface area contributed by atoms with Crippen LogP contribution in [0.15, 0.2) is 84.0 Å². The third kappa shape index (κ3) is 4.12. The molecule has 2 aromatic rings. The molecule has 0 amide bonds. The summed E-state index contributed by atoms with van der Waals surface area (Å²) in [6, 6.07) is 9.60. The molecule has 1 N–H and O–H groups in total. The summed E-state index contributed by atoms with van der Waals surface area (Å²) in [5, 5.41) is 5.90. The number of nitrogens with one attached hydrogen (secondary N) is 1. The molecule has 0 aromatic heterocycles. The first-order valence-electron chi connectivity index (χ1n) is 10.2. The number of hydrazine groups is 1.